The van der Waals surface area contributed by atoms with Crippen molar-refractivity contribution in [3.63, 3.8) is 0 Å². The average Bonchev–Trinajstić information content (AvgIpc) is 2.92. The van der Waals surface area contributed by atoms with E-state index in [0.29, 0.717) is 28.9 Å². The highest BCUT2D eigenvalue weighted by molar-refractivity contribution is 6.33. The Hall–Kier alpha value is -2.53. The van der Waals surface area contributed by atoms with Crippen LogP contribution in [0.1, 0.15) is 10.4 Å². The predicted molar refractivity (Wildman–Crippen MR) is 77.2 cm³/mol. The molecule has 0 saturated carbocycles. The van der Waals surface area contributed by atoms with E-state index in [0.717, 1.165) is 0 Å². The smallest absolute Gasteiger partial charge is 0.153 e. The van der Waals surface area contributed by atoms with Crippen LogP contribution in [0.2, 0.25) is 5.02 Å². The molecule has 0 unspecified atom stereocenters. The third-order valence-electron chi connectivity index (χ3n) is 2.94. The molecule has 3 aromatic rings. The van der Waals surface area contributed by atoms with Crippen molar-refractivity contribution in [1.29, 1.82) is 0 Å². The Morgan fingerprint density at radius 1 is 1.24 bits per heavy atom. The minimum absolute atomic E-state index is 0.198. The van der Waals surface area contributed by atoms with E-state index in [4.69, 9.17) is 11.6 Å². The standard InChI is InChI=1S/C15H9ClFN3O/c16-13-7-11(17)4-5-12(13)15-10(9-21)8-20(19-15)14-3-1-2-6-18-14/h1-9H. The highest BCUT2D eigenvalue weighted by atomic mass is 35.5. The van der Waals surface area contributed by atoms with Gasteiger partial charge >= 0.3 is 0 Å². The van der Waals surface area contributed by atoms with Crippen LogP contribution < -0.4 is 0 Å². The number of hydrogen-bond donors (Lipinski definition) is 0. The van der Waals surface area contributed by atoms with E-state index in [1.54, 1.807) is 24.5 Å². The Morgan fingerprint density at radius 2 is 2.10 bits per heavy atom. The summed E-state index contributed by atoms with van der Waals surface area (Å²) in [4.78, 5) is 15.4. The van der Waals surface area contributed by atoms with Crippen LogP contribution in [0.5, 0.6) is 0 Å². The Morgan fingerprint density at radius 3 is 2.76 bits per heavy atom. The van der Waals surface area contributed by atoms with Crippen LogP contribution in [0.4, 0.5) is 4.39 Å². The zero-order chi connectivity index (χ0) is 14.8. The second-order valence-corrected chi connectivity index (χ2v) is 4.71. The molecule has 0 spiro atoms. The second-order valence-electron chi connectivity index (χ2n) is 4.31. The van der Waals surface area contributed by atoms with Crippen LogP contribution in [0.25, 0.3) is 17.1 Å². The van der Waals surface area contributed by atoms with Crippen molar-refractivity contribution in [2.24, 2.45) is 0 Å². The number of halogens is 2. The van der Waals surface area contributed by atoms with Crippen molar-refractivity contribution >= 4 is 17.9 Å². The molecular weight excluding hydrogens is 293 g/mol. The summed E-state index contributed by atoms with van der Waals surface area (Å²) >= 11 is 6.03. The molecule has 3 rings (SSSR count). The van der Waals surface area contributed by atoms with Crippen molar-refractivity contribution in [2.75, 3.05) is 0 Å². The molecule has 0 bridgehead atoms. The molecule has 21 heavy (non-hydrogen) atoms. The summed E-state index contributed by atoms with van der Waals surface area (Å²) in [5.41, 5.74) is 1.24. The predicted octanol–water partition coefficient (Wildman–Crippen LogP) is 3.54. The molecule has 6 heteroatoms. The van der Waals surface area contributed by atoms with Gasteiger partial charge in [0.2, 0.25) is 0 Å². The summed E-state index contributed by atoms with van der Waals surface area (Å²) < 4.78 is 14.6. The fourth-order valence-electron chi connectivity index (χ4n) is 1.97. The van der Waals surface area contributed by atoms with Crippen LogP contribution in [0.15, 0.2) is 48.8 Å². The van der Waals surface area contributed by atoms with E-state index in [9.17, 15) is 9.18 Å². The van der Waals surface area contributed by atoms with Crippen molar-refractivity contribution in [2.45, 2.75) is 0 Å². The SMILES string of the molecule is O=Cc1cn(-c2ccccn2)nc1-c1ccc(F)cc1Cl. The molecule has 2 heterocycles. The van der Waals surface area contributed by atoms with Crippen molar-refractivity contribution in [3.05, 3.63) is 65.2 Å². The highest BCUT2D eigenvalue weighted by Gasteiger charge is 2.15. The second kappa shape index (κ2) is 5.46. The Bertz CT molecular complexity index is 802. The van der Waals surface area contributed by atoms with Crippen LogP contribution in [0, 0.1) is 5.82 Å². The molecule has 0 N–H and O–H groups in total. The number of carbonyl (C=O) groups excluding carboxylic acids is 1. The van der Waals surface area contributed by atoms with Gasteiger partial charge in [0.1, 0.15) is 11.5 Å². The van der Waals surface area contributed by atoms with Gasteiger partial charge in [0.05, 0.1) is 10.6 Å². The third-order valence-corrected chi connectivity index (χ3v) is 3.25. The third kappa shape index (κ3) is 2.55. The van der Waals surface area contributed by atoms with Gasteiger partial charge in [0, 0.05) is 18.0 Å². The summed E-state index contributed by atoms with van der Waals surface area (Å²) in [7, 11) is 0. The molecule has 0 atom stereocenters. The molecule has 0 fully saturated rings. The monoisotopic (exact) mass is 301 g/mol. The number of rotatable bonds is 3. The maximum Gasteiger partial charge on any atom is 0.153 e. The molecule has 0 aliphatic heterocycles. The lowest BCUT2D eigenvalue weighted by Crippen LogP contribution is -1.97. The van der Waals surface area contributed by atoms with Crippen molar-refractivity contribution in [1.82, 2.24) is 14.8 Å². The van der Waals surface area contributed by atoms with Crippen molar-refractivity contribution < 1.29 is 9.18 Å². The lowest BCUT2D eigenvalue weighted by Gasteiger charge is -2.02. The first-order valence-electron chi connectivity index (χ1n) is 6.10. The molecule has 0 amide bonds. The molecule has 0 aliphatic rings. The average molecular weight is 302 g/mol. The number of aromatic nitrogens is 3. The molecule has 2 aromatic heterocycles. The topological polar surface area (TPSA) is 47.8 Å². The molecule has 0 radical (unpaired) electrons. The van der Waals surface area contributed by atoms with E-state index in [2.05, 4.69) is 10.1 Å². The molecule has 0 saturated heterocycles. The molecule has 0 aliphatic carbocycles. The van der Waals surface area contributed by atoms with Crippen LogP contribution >= 0.6 is 11.6 Å². The number of pyridine rings is 1. The zero-order valence-corrected chi connectivity index (χ0v) is 11.5. The van der Waals surface area contributed by atoms with Gasteiger partial charge in [-0.05, 0) is 30.3 Å². The van der Waals surface area contributed by atoms with Gasteiger partial charge in [0.15, 0.2) is 12.1 Å². The molecule has 4 nitrogen and oxygen atoms in total. The zero-order valence-electron chi connectivity index (χ0n) is 10.7. The fraction of sp³-hybridized carbons (Fsp3) is 0. The number of hydrogen-bond acceptors (Lipinski definition) is 3. The van der Waals surface area contributed by atoms with E-state index >= 15 is 0 Å². The van der Waals surface area contributed by atoms with E-state index in [1.165, 1.54) is 22.9 Å². The maximum atomic E-state index is 13.1. The Kier molecular flexibility index (Phi) is 3.50. The van der Waals surface area contributed by atoms with Crippen LogP contribution in [-0.4, -0.2) is 21.1 Å². The lowest BCUT2D eigenvalue weighted by molar-refractivity contribution is 0.112. The summed E-state index contributed by atoms with van der Waals surface area (Å²) in [6.07, 6.45) is 3.87. The molecule has 104 valence electrons. The number of aldehydes is 1. The minimum atomic E-state index is -0.444. The van der Waals surface area contributed by atoms with E-state index in [-0.39, 0.29) is 5.02 Å². The first-order valence-corrected chi connectivity index (χ1v) is 6.48. The first-order chi connectivity index (χ1) is 10.2. The number of nitrogens with zero attached hydrogens (tertiary/aromatic N) is 3. The number of carbonyl (C=O) groups is 1. The summed E-state index contributed by atoms with van der Waals surface area (Å²) in [6.45, 7) is 0. The lowest BCUT2D eigenvalue weighted by atomic mass is 10.1. The summed E-state index contributed by atoms with van der Waals surface area (Å²) in [5.74, 6) is 0.130. The normalized spacial score (nSPS) is 10.6. The Balaban J connectivity index is 2.15. The van der Waals surface area contributed by atoms with Crippen LogP contribution in [0.3, 0.4) is 0 Å². The van der Waals surface area contributed by atoms with Crippen LogP contribution in [-0.2, 0) is 0 Å². The van der Waals surface area contributed by atoms with Gasteiger partial charge in [-0.1, -0.05) is 17.7 Å². The molecule has 1 aromatic carbocycles. The van der Waals surface area contributed by atoms with Gasteiger partial charge in [0.25, 0.3) is 0 Å². The molecular formula is C15H9ClFN3O. The van der Waals surface area contributed by atoms with Gasteiger partial charge < -0.3 is 0 Å². The number of benzene rings is 1. The van der Waals surface area contributed by atoms with Crippen molar-refractivity contribution in [3.8, 4) is 17.1 Å². The fourth-order valence-corrected chi connectivity index (χ4v) is 2.23. The van der Waals surface area contributed by atoms with E-state index in [1.807, 2.05) is 6.07 Å². The highest BCUT2D eigenvalue weighted by Crippen LogP contribution is 2.29. The largest absolute Gasteiger partial charge is 0.298 e. The summed E-state index contributed by atoms with van der Waals surface area (Å²) in [5, 5.41) is 4.53. The van der Waals surface area contributed by atoms with E-state index < -0.39 is 5.82 Å². The Labute approximate surface area is 124 Å². The van der Waals surface area contributed by atoms with Gasteiger partial charge in [-0.2, -0.15) is 5.10 Å². The summed E-state index contributed by atoms with van der Waals surface area (Å²) in [6, 6.07) is 9.31. The maximum absolute atomic E-state index is 13.1. The van der Waals surface area contributed by atoms with Gasteiger partial charge in [-0.3, -0.25) is 4.79 Å². The minimum Gasteiger partial charge on any atom is -0.298 e. The van der Waals surface area contributed by atoms with Gasteiger partial charge in [-0.15, -0.1) is 0 Å². The van der Waals surface area contributed by atoms with Gasteiger partial charge in [-0.25, -0.2) is 14.1 Å². The first kappa shape index (κ1) is 13.5. The quantitative estimate of drug-likeness (QED) is 0.695.